The molecule has 0 saturated carbocycles. The van der Waals surface area contributed by atoms with Gasteiger partial charge in [-0.1, -0.05) is 23.8 Å². The van der Waals surface area contributed by atoms with E-state index in [1.807, 2.05) is 69.3 Å². The Balaban J connectivity index is 1.92. The second-order valence-corrected chi connectivity index (χ2v) is 7.12. The van der Waals surface area contributed by atoms with E-state index in [-0.39, 0.29) is 5.91 Å². The molecule has 0 atom stereocenters. The number of thioether (sulfide) groups is 1. The standard InChI is InChI=1S/C21H22N2O2S/c1-5-23-20(24)19(13-16-8-11-18(25-4)12-15(16)3)26-21(23)22-17-9-6-14(2)7-10-17/h6-13H,5H2,1-4H3/b19-13+,22-21?. The Bertz CT molecular complexity index is 885. The lowest BCUT2D eigenvalue weighted by Crippen LogP contribution is -2.28. The monoisotopic (exact) mass is 366 g/mol. The molecule has 0 aromatic heterocycles. The lowest BCUT2D eigenvalue weighted by atomic mass is 10.1. The second kappa shape index (κ2) is 7.79. The zero-order valence-corrected chi connectivity index (χ0v) is 16.3. The van der Waals surface area contributed by atoms with Crippen LogP contribution < -0.4 is 4.74 Å². The maximum Gasteiger partial charge on any atom is 0.266 e. The molecule has 0 spiro atoms. The normalized spacial score (nSPS) is 17.4. The van der Waals surface area contributed by atoms with Gasteiger partial charge in [-0.2, -0.15) is 0 Å². The summed E-state index contributed by atoms with van der Waals surface area (Å²) in [7, 11) is 1.65. The Labute approximate surface area is 158 Å². The van der Waals surface area contributed by atoms with Crippen molar-refractivity contribution in [3.63, 3.8) is 0 Å². The zero-order valence-electron chi connectivity index (χ0n) is 15.4. The van der Waals surface area contributed by atoms with Gasteiger partial charge in [-0.3, -0.25) is 9.69 Å². The average molecular weight is 366 g/mol. The number of aliphatic imine (C=N–C) groups is 1. The molecule has 0 N–H and O–H groups in total. The fourth-order valence-electron chi connectivity index (χ4n) is 2.68. The van der Waals surface area contributed by atoms with E-state index in [9.17, 15) is 4.79 Å². The first kappa shape index (κ1) is 18.3. The van der Waals surface area contributed by atoms with Gasteiger partial charge < -0.3 is 4.74 Å². The number of carbonyl (C=O) groups excluding carboxylic acids is 1. The molecule has 1 fully saturated rings. The number of carbonyl (C=O) groups is 1. The van der Waals surface area contributed by atoms with E-state index in [2.05, 4.69) is 4.99 Å². The summed E-state index contributed by atoms with van der Waals surface area (Å²) in [5.41, 5.74) is 4.12. The van der Waals surface area contributed by atoms with Crippen molar-refractivity contribution in [2.24, 2.45) is 4.99 Å². The minimum atomic E-state index is -0.00132. The van der Waals surface area contributed by atoms with Gasteiger partial charge in [0.05, 0.1) is 17.7 Å². The lowest BCUT2D eigenvalue weighted by molar-refractivity contribution is -0.122. The topological polar surface area (TPSA) is 41.9 Å². The van der Waals surface area contributed by atoms with Crippen LogP contribution in [0.25, 0.3) is 6.08 Å². The Morgan fingerprint density at radius 3 is 2.50 bits per heavy atom. The summed E-state index contributed by atoms with van der Waals surface area (Å²) in [6, 6.07) is 13.8. The fourth-order valence-corrected chi connectivity index (χ4v) is 3.73. The number of rotatable bonds is 4. The van der Waals surface area contributed by atoms with Gasteiger partial charge >= 0.3 is 0 Å². The van der Waals surface area contributed by atoms with E-state index in [1.54, 1.807) is 12.0 Å². The Morgan fingerprint density at radius 2 is 1.88 bits per heavy atom. The van der Waals surface area contributed by atoms with Crippen molar-refractivity contribution >= 4 is 34.6 Å². The highest BCUT2D eigenvalue weighted by molar-refractivity contribution is 8.18. The Morgan fingerprint density at radius 1 is 1.15 bits per heavy atom. The third-order valence-electron chi connectivity index (χ3n) is 4.23. The summed E-state index contributed by atoms with van der Waals surface area (Å²) in [4.78, 5) is 19.8. The van der Waals surface area contributed by atoms with Crippen LogP contribution in [0.2, 0.25) is 0 Å². The van der Waals surface area contributed by atoms with Crippen LogP contribution in [0.3, 0.4) is 0 Å². The van der Waals surface area contributed by atoms with Crippen molar-refractivity contribution in [1.29, 1.82) is 0 Å². The molecule has 134 valence electrons. The molecule has 5 heteroatoms. The van der Waals surface area contributed by atoms with Crippen molar-refractivity contribution < 1.29 is 9.53 Å². The number of nitrogens with zero attached hydrogens (tertiary/aromatic N) is 2. The van der Waals surface area contributed by atoms with Gasteiger partial charge in [0.15, 0.2) is 5.17 Å². The molecule has 0 radical (unpaired) electrons. The van der Waals surface area contributed by atoms with Crippen molar-refractivity contribution in [2.45, 2.75) is 20.8 Å². The van der Waals surface area contributed by atoms with Gasteiger partial charge in [-0.15, -0.1) is 0 Å². The smallest absolute Gasteiger partial charge is 0.266 e. The summed E-state index contributed by atoms with van der Waals surface area (Å²) in [5.74, 6) is 0.811. The molecule has 1 heterocycles. The highest BCUT2D eigenvalue weighted by Crippen LogP contribution is 2.34. The molecule has 26 heavy (non-hydrogen) atoms. The highest BCUT2D eigenvalue weighted by Gasteiger charge is 2.32. The van der Waals surface area contributed by atoms with Crippen LogP contribution in [-0.4, -0.2) is 29.6 Å². The van der Waals surface area contributed by atoms with Crippen LogP contribution in [0.5, 0.6) is 5.75 Å². The average Bonchev–Trinajstić information content (AvgIpc) is 2.93. The Hall–Kier alpha value is -2.53. The minimum absolute atomic E-state index is 0.00132. The van der Waals surface area contributed by atoms with Crippen LogP contribution in [-0.2, 0) is 4.79 Å². The largest absolute Gasteiger partial charge is 0.497 e. The summed E-state index contributed by atoms with van der Waals surface area (Å²) >= 11 is 1.42. The molecule has 2 aromatic carbocycles. The number of aryl methyl sites for hydroxylation is 2. The molecule has 1 aliphatic heterocycles. The number of hydrogen-bond donors (Lipinski definition) is 0. The number of hydrogen-bond acceptors (Lipinski definition) is 4. The van der Waals surface area contributed by atoms with E-state index in [4.69, 9.17) is 4.74 Å². The summed E-state index contributed by atoms with van der Waals surface area (Å²) < 4.78 is 5.25. The number of amides is 1. The lowest BCUT2D eigenvalue weighted by Gasteiger charge is -2.12. The fraction of sp³-hybridized carbons (Fsp3) is 0.238. The SMILES string of the molecule is CCN1C(=O)/C(=C\c2ccc(OC)cc2C)SC1=Nc1ccc(C)cc1. The molecule has 1 saturated heterocycles. The molecule has 1 amide bonds. The Kier molecular flexibility index (Phi) is 5.47. The van der Waals surface area contributed by atoms with Gasteiger partial charge in [0.2, 0.25) is 0 Å². The molecular weight excluding hydrogens is 344 g/mol. The maximum absolute atomic E-state index is 12.8. The van der Waals surface area contributed by atoms with Crippen LogP contribution in [0.1, 0.15) is 23.6 Å². The van der Waals surface area contributed by atoms with E-state index >= 15 is 0 Å². The van der Waals surface area contributed by atoms with Gasteiger partial charge in [0.1, 0.15) is 5.75 Å². The maximum atomic E-state index is 12.8. The molecule has 2 aromatic rings. The first-order chi connectivity index (χ1) is 12.5. The van der Waals surface area contributed by atoms with E-state index in [0.29, 0.717) is 11.4 Å². The van der Waals surface area contributed by atoms with Gasteiger partial charge in [-0.25, -0.2) is 4.99 Å². The second-order valence-electron chi connectivity index (χ2n) is 6.11. The summed E-state index contributed by atoms with van der Waals surface area (Å²) in [5, 5.41) is 0.721. The third-order valence-corrected chi connectivity index (χ3v) is 5.23. The van der Waals surface area contributed by atoms with Crippen LogP contribution in [0.4, 0.5) is 5.69 Å². The highest BCUT2D eigenvalue weighted by atomic mass is 32.2. The predicted molar refractivity (Wildman–Crippen MR) is 109 cm³/mol. The molecular formula is C21H22N2O2S. The third kappa shape index (κ3) is 3.83. The van der Waals surface area contributed by atoms with Crippen molar-refractivity contribution in [1.82, 2.24) is 4.90 Å². The molecule has 0 aliphatic carbocycles. The van der Waals surface area contributed by atoms with Crippen molar-refractivity contribution in [3.05, 3.63) is 64.1 Å². The number of methoxy groups -OCH3 is 1. The number of amidine groups is 1. The molecule has 0 bridgehead atoms. The first-order valence-corrected chi connectivity index (χ1v) is 9.35. The van der Waals surface area contributed by atoms with E-state index in [1.165, 1.54) is 17.3 Å². The predicted octanol–water partition coefficient (Wildman–Crippen LogP) is 4.94. The zero-order chi connectivity index (χ0) is 18.7. The van der Waals surface area contributed by atoms with Gasteiger partial charge in [0, 0.05) is 6.54 Å². The summed E-state index contributed by atoms with van der Waals surface area (Å²) in [6.45, 7) is 6.61. The minimum Gasteiger partial charge on any atom is -0.497 e. The van der Waals surface area contributed by atoms with E-state index in [0.717, 1.165) is 27.7 Å². The van der Waals surface area contributed by atoms with E-state index < -0.39 is 0 Å². The van der Waals surface area contributed by atoms with Crippen LogP contribution >= 0.6 is 11.8 Å². The molecule has 1 aliphatic rings. The number of ether oxygens (including phenoxy) is 1. The van der Waals surface area contributed by atoms with Gasteiger partial charge in [-0.05, 0) is 74.0 Å². The van der Waals surface area contributed by atoms with Gasteiger partial charge in [0.25, 0.3) is 5.91 Å². The molecule has 0 unspecified atom stereocenters. The quantitative estimate of drug-likeness (QED) is 0.720. The van der Waals surface area contributed by atoms with Crippen molar-refractivity contribution in [2.75, 3.05) is 13.7 Å². The first-order valence-electron chi connectivity index (χ1n) is 8.53. The molecule has 3 rings (SSSR count). The number of likely N-dealkylation sites (N-methyl/N-ethyl adjacent to an activating group) is 1. The van der Waals surface area contributed by atoms with Crippen LogP contribution in [0.15, 0.2) is 52.4 Å². The molecule has 4 nitrogen and oxygen atoms in total. The van der Waals surface area contributed by atoms with Crippen LogP contribution in [0, 0.1) is 13.8 Å². The number of benzene rings is 2. The van der Waals surface area contributed by atoms with Crippen molar-refractivity contribution in [3.8, 4) is 5.75 Å². The summed E-state index contributed by atoms with van der Waals surface area (Å²) in [6.07, 6.45) is 1.93.